The van der Waals surface area contributed by atoms with Gasteiger partial charge in [-0.2, -0.15) is 0 Å². The summed E-state index contributed by atoms with van der Waals surface area (Å²) in [6.07, 6.45) is 1.06. The minimum atomic E-state index is -3.42. The van der Waals surface area contributed by atoms with Crippen LogP contribution < -0.4 is 0 Å². The van der Waals surface area contributed by atoms with Gasteiger partial charge in [0.2, 0.25) is 14.9 Å². The minimum absolute atomic E-state index is 0.0806. The molecule has 2 heterocycles. The molecule has 0 aliphatic carbocycles. The van der Waals surface area contributed by atoms with Crippen LogP contribution >= 0.6 is 0 Å². The Hall–Kier alpha value is -1.34. The van der Waals surface area contributed by atoms with Crippen molar-refractivity contribution < 1.29 is 17.6 Å². The van der Waals surface area contributed by atoms with Crippen molar-refractivity contribution in [3.05, 3.63) is 17.9 Å². The van der Waals surface area contributed by atoms with Crippen LogP contribution in [-0.2, 0) is 9.84 Å². The normalized spacial score (nSPS) is 23.6. The van der Waals surface area contributed by atoms with E-state index >= 15 is 0 Å². The number of hydrogen-bond acceptors (Lipinski definition) is 5. The topological polar surface area (TPSA) is 70.8 Å². The van der Waals surface area contributed by atoms with Crippen LogP contribution in [0.4, 0.5) is 0 Å². The summed E-state index contributed by atoms with van der Waals surface area (Å²) in [6.45, 7) is 3.38. The van der Waals surface area contributed by atoms with Crippen LogP contribution in [0.15, 0.2) is 21.6 Å². The van der Waals surface area contributed by atoms with E-state index in [0.29, 0.717) is 25.0 Å². The molecule has 2 atom stereocenters. The van der Waals surface area contributed by atoms with E-state index in [9.17, 15) is 13.2 Å². The summed E-state index contributed by atoms with van der Waals surface area (Å²) in [5.41, 5.74) is 0. The Morgan fingerprint density at radius 2 is 2.00 bits per heavy atom. The van der Waals surface area contributed by atoms with Gasteiger partial charge < -0.3 is 14.2 Å². The number of rotatable bonds is 3. The number of nitrogens with zero attached hydrogens (tertiary/aromatic N) is 2. The summed E-state index contributed by atoms with van der Waals surface area (Å²) in [6, 6.07) is 3.06. The van der Waals surface area contributed by atoms with Crippen LogP contribution in [0.3, 0.4) is 0 Å². The van der Waals surface area contributed by atoms with Crippen molar-refractivity contribution in [3.63, 3.8) is 0 Å². The molecule has 0 bridgehead atoms. The molecule has 1 aliphatic heterocycles. The molecule has 0 radical (unpaired) electrons. The quantitative estimate of drug-likeness (QED) is 0.822. The third-order valence-corrected chi connectivity index (χ3v) is 4.63. The summed E-state index contributed by atoms with van der Waals surface area (Å²) in [5, 5.41) is -0.169. The van der Waals surface area contributed by atoms with Crippen LogP contribution in [0, 0.1) is 5.92 Å². The molecule has 0 N–H and O–H groups in total. The Kier molecular flexibility index (Phi) is 3.93. The molecule has 20 heavy (non-hydrogen) atoms. The molecule has 0 spiro atoms. The third-order valence-electron chi connectivity index (χ3n) is 3.68. The highest BCUT2D eigenvalue weighted by molar-refractivity contribution is 7.90. The smallest absolute Gasteiger partial charge is 0.289 e. The molecule has 1 aromatic heterocycles. The van der Waals surface area contributed by atoms with Crippen LogP contribution in [0.5, 0.6) is 0 Å². The average Bonchev–Trinajstić information content (AvgIpc) is 2.93. The highest BCUT2D eigenvalue weighted by atomic mass is 32.2. The maximum Gasteiger partial charge on any atom is 0.289 e. The molecule has 112 valence electrons. The van der Waals surface area contributed by atoms with Crippen molar-refractivity contribution in [2.24, 2.45) is 5.92 Å². The molecule has 0 aromatic carbocycles. The lowest BCUT2D eigenvalue weighted by molar-refractivity contribution is 0.0744. The number of furan rings is 1. The second kappa shape index (κ2) is 5.21. The van der Waals surface area contributed by atoms with Crippen molar-refractivity contribution in [3.8, 4) is 0 Å². The van der Waals surface area contributed by atoms with Gasteiger partial charge in [0.25, 0.3) is 5.91 Å². The predicted molar refractivity (Wildman–Crippen MR) is 74.4 cm³/mol. The van der Waals surface area contributed by atoms with Gasteiger partial charge in [0.1, 0.15) is 0 Å². The monoisotopic (exact) mass is 300 g/mol. The Balaban J connectivity index is 2.15. The van der Waals surface area contributed by atoms with Gasteiger partial charge in [0, 0.05) is 25.4 Å². The Morgan fingerprint density at radius 3 is 2.45 bits per heavy atom. The first kappa shape index (κ1) is 15.1. The second-order valence-electron chi connectivity index (χ2n) is 5.61. The lowest BCUT2D eigenvalue weighted by atomic mass is 10.1. The Morgan fingerprint density at radius 1 is 1.35 bits per heavy atom. The first-order valence-corrected chi connectivity index (χ1v) is 8.35. The maximum atomic E-state index is 12.3. The van der Waals surface area contributed by atoms with Crippen molar-refractivity contribution in [1.82, 2.24) is 9.80 Å². The summed E-state index contributed by atoms with van der Waals surface area (Å²) in [7, 11) is 0.560. The van der Waals surface area contributed by atoms with Gasteiger partial charge in [-0.1, -0.05) is 6.92 Å². The van der Waals surface area contributed by atoms with E-state index in [1.165, 1.54) is 12.1 Å². The molecule has 7 heteroatoms. The molecule has 1 fully saturated rings. The van der Waals surface area contributed by atoms with Gasteiger partial charge in [0.15, 0.2) is 5.76 Å². The molecule has 1 aliphatic rings. The first-order valence-electron chi connectivity index (χ1n) is 6.45. The van der Waals surface area contributed by atoms with Crippen LogP contribution in [0.2, 0.25) is 0 Å². The van der Waals surface area contributed by atoms with E-state index in [2.05, 4.69) is 11.8 Å². The summed E-state index contributed by atoms with van der Waals surface area (Å²) in [4.78, 5) is 16.1. The second-order valence-corrected chi connectivity index (χ2v) is 7.56. The van der Waals surface area contributed by atoms with Crippen LogP contribution in [-0.4, -0.2) is 63.6 Å². The van der Waals surface area contributed by atoms with Gasteiger partial charge in [-0.05, 0) is 32.1 Å². The summed E-state index contributed by atoms with van der Waals surface area (Å²) < 4.78 is 27.9. The fourth-order valence-electron chi connectivity index (χ4n) is 2.58. The van der Waals surface area contributed by atoms with E-state index in [1.807, 2.05) is 14.1 Å². The molecule has 1 aromatic rings. The van der Waals surface area contributed by atoms with Crippen molar-refractivity contribution in [2.45, 2.75) is 18.1 Å². The fourth-order valence-corrected chi connectivity index (χ4v) is 3.13. The molecule has 0 saturated carbocycles. The largest absolute Gasteiger partial charge is 0.440 e. The average molecular weight is 300 g/mol. The summed E-state index contributed by atoms with van der Waals surface area (Å²) in [5.74, 6) is 0.200. The zero-order chi connectivity index (χ0) is 15.1. The molecule has 1 amide bonds. The van der Waals surface area contributed by atoms with Crippen LogP contribution in [0.25, 0.3) is 0 Å². The highest BCUT2D eigenvalue weighted by Gasteiger charge is 2.35. The molecule has 6 nitrogen and oxygen atoms in total. The predicted octanol–water partition coefficient (Wildman–Crippen LogP) is 0.705. The molecule has 0 unspecified atom stereocenters. The molecule has 1 saturated heterocycles. The van der Waals surface area contributed by atoms with Gasteiger partial charge in [-0.3, -0.25) is 4.79 Å². The lowest BCUT2D eigenvalue weighted by Crippen LogP contribution is -2.35. The Labute approximate surface area is 119 Å². The molecule has 2 rings (SSSR count). The van der Waals surface area contributed by atoms with E-state index in [4.69, 9.17) is 4.42 Å². The SMILES string of the molecule is C[C@H]1CN(C(=O)c2ccc(S(C)(=O)=O)o2)C[C@@H]1N(C)C. The van der Waals surface area contributed by atoms with Crippen molar-refractivity contribution in [2.75, 3.05) is 33.4 Å². The van der Waals surface area contributed by atoms with E-state index < -0.39 is 9.84 Å². The van der Waals surface area contributed by atoms with Crippen molar-refractivity contribution >= 4 is 15.7 Å². The molecular formula is C13H20N2O4S. The third kappa shape index (κ3) is 2.88. The zero-order valence-electron chi connectivity index (χ0n) is 12.2. The maximum absolute atomic E-state index is 12.3. The summed E-state index contributed by atoms with van der Waals surface area (Å²) >= 11 is 0. The number of hydrogen-bond donors (Lipinski definition) is 0. The number of sulfone groups is 1. The van der Waals surface area contributed by atoms with E-state index in [0.717, 1.165) is 6.26 Å². The zero-order valence-corrected chi connectivity index (χ0v) is 13.0. The van der Waals surface area contributed by atoms with Gasteiger partial charge in [-0.15, -0.1) is 0 Å². The number of carbonyl (C=O) groups is 1. The standard InChI is InChI=1S/C13H20N2O4S/c1-9-7-15(8-10(9)14(2)3)13(16)11-5-6-12(19-11)20(4,17)18/h5-6,9-10H,7-8H2,1-4H3/t9-,10-/m0/s1. The van der Waals surface area contributed by atoms with E-state index in [-0.39, 0.29) is 16.8 Å². The van der Waals surface area contributed by atoms with Gasteiger partial charge in [0.05, 0.1) is 0 Å². The number of likely N-dealkylation sites (N-methyl/N-ethyl adjacent to an activating group) is 1. The number of likely N-dealkylation sites (tertiary alicyclic amines) is 1. The molecular weight excluding hydrogens is 280 g/mol. The highest BCUT2D eigenvalue weighted by Crippen LogP contribution is 2.23. The Bertz CT molecular complexity index is 606. The lowest BCUT2D eigenvalue weighted by Gasteiger charge is -2.22. The number of carbonyl (C=O) groups excluding carboxylic acids is 1. The fraction of sp³-hybridized carbons (Fsp3) is 0.615. The first-order chi connectivity index (χ1) is 9.20. The number of amides is 1. The van der Waals surface area contributed by atoms with Crippen LogP contribution in [0.1, 0.15) is 17.5 Å². The van der Waals surface area contributed by atoms with Crippen molar-refractivity contribution in [1.29, 1.82) is 0 Å². The van der Waals surface area contributed by atoms with Gasteiger partial charge in [-0.25, -0.2) is 8.42 Å². The van der Waals surface area contributed by atoms with E-state index in [1.54, 1.807) is 4.90 Å². The minimum Gasteiger partial charge on any atom is -0.440 e. The van der Waals surface area contributed by atoms with Gasteiger partial charge >= 0.3 is 0 Å².